The average Bonchev–Trinajstić information content (AvgIpc) is 3.31. The van der Waals surface area contributed by atoms with E-state index in [0.717, 1.165) is 35.9 Å². The van der Waals surface area contributed by atoms with E-state index in [2.05, 4.69) is 5.32 Å². The number of benzene rings is 1. The molecule has 2 fully saturated rings. The van der Waals surface area contributed by atoms with E-state index in [9.17, 15) is 4.79 Å². The van der Waals surface area contributed by atoms with E-state index in [1.165, 1.54) is 12.8 Å². The summed E-state index contributed by atoms with van der Waals surface area (Å²) in [5.41, 5.74) is 1.15. The second-order valence-corrected chi connectivity index (χ2v) is 6.39. The van der Waals surface area contributed by atoms with Gasteiger partial charge in [0.2, 0.25) is 5.91 Å². The molecular weight excluding hydrogens is 307 g/mol. The zero-order valence-electron chi connectivity index (χ0n) is 12.1. The minimum absolute atomic E-state index is 0. The topological polar surface area (TPSA) is 32.3 Å². The van der Waals surface area contributed by atoms with Gasteiger partial charge in [0.05, 0.1) is 6.54 Å². The smallest absolute Gasteiger partial charge is 0.237 e. The Hall–Kier alpha value is -0.770. The fourth-order valence-corrected chi connectivity index (χ4v) is 2.53. The van der Waals surface area contributed by atoms with E-state index in [1.54, 1.807) is 0 Å². The summed E-state index contributed by atoms with van der Waals surface area (Å²) in [6.07, 6.45) is 4.92. The molecule has 3 rings (SSSR count). The predicted octanol–water partition coefficient (Wildman–Crippen LogP) is 3.25. The monoisotopic (exact) mass is 328 g/mol. The third-order valence-corrected chi connectivity index (χ3v) is 4.23. The van der Waals surface area contributed by atoms with Crippen LogP contribution in [0.2, 0.25) is 5.02 Å². The van der Waals surface area contributed by atoms with Crippen LogP contribution in [0.1, 0.15) is 31.2 Å². The molecule has 1 amide bonds. The van der Waals surface area contributed by atoms with Crippen molar-refractivity contribution in [1.82, 2.24) is 10.2 Å². The number of nitrogens with one attached hydrogen (secondary N) is 1. The second-order valence-electron chi connectivity index (χ2n) is 5.95. The van der Waals surface area contributed by atoms with Crippen LogP contribution >= 0.6 is 24.0 Å². The summed E-state index contributed by atoms with van der Waals surface area (Å²) in [6.45, 7) is 2.16. The van der Waals surface area contributed by atoms with Crippen molar-refractivity contribution in [3.05, 3.63) is 34.9 Å². The summed E-state index contributed by atoms with van der Waals surface area (Å²) in [5, 5.41) is 4.03. The lowest BCUT2D eigenvalue weighted by atomic mass is 10.2. The van der Waals surface area contributed by atoms with Gasteiger partial charge in [0.15, 0.2) is 0 Å². The highest BCUT2D eigenvalue weighted by Crippen LogP contribution is 2.29. The maximum absolute atomic E-state index is 12.3. The van der Waals surface area contributed by atoms with Crippen LogP contribution in [0.15, 0.2) is 24.3 Å². The fourth-order valence-electron chi connectivity index (χ4n) is 2.40. The van der Waals surface area contributed by atoms with Gasteiger partial charge in [0.1, 0.15) is 0 Å². The maximum atomic E-state index is 12.3. The minimum Gasteiger partial charge on any atom is -0.334 e. The Morgan fingerprint density at radius 3 is 2.43 bits per heavy atom. The normalized spacial score (nSPS) is 17.2. The number of halogens is 2. The molecule has 0 heterocycles. The van der Waals surface area contributed by atoms with E-state index >= 15 is 0 Å². The largest absolute Gasteiger partial charge is 0.334 e. The molecule has 1 N–H and O–H groups in total. The molecule has 0 aliphatic heterocycles. The zero-order valence-corrected chi connectivity index (χ0v) is 13.6. The van der Waals surface area contributed by atoms with Gasteiger partial charge in [-0.2, -0.15) is 0 Å². The van der Waals surface area contributed by atoms with Crippen molar-refractivity contribution in [3.8, 4) is 0 Å². The second kappa shape index (κ2) is 7.48. The average molecular weight is 329 g/mol. The van der Waals surface area contributed by atoms with E-state index in [1.807, 2.05) is 29.2 Å². The molecule has 0 radical (unpaired) electrons. The number of amides is 1. The first-order valence-electron chi connectivity index (χ1n) is 7.47. The van der Waals surface area contributed by atoms with Crippen molar-refractivity contribution in [1.29, 1.82) is 0 Å². The van der Waals surface area contributed by atoms with Gasteiger partial charge in [-0.15, -0.1) is 12.4 Å². The summed E-state index contributed by atoms with van der Waals surface area (Å²) < 4.78 is 0. The highest BCUT2D eigenvalue weighted by molar-refractivity contribution is 6.30. The fraction of sp³-hybridized carbons (Fsp3) is 0.562. The Morgan fingerprint density at radius 2 is 1.86 bits per heavy atom. The summed E-state index contributed by atoms with van der Waals surface area (Å²) in [6, 6.07) is 8.22. The van der Waals surface area contributed by atoms with Crippen LogP contribution in [-0.4, -0.2) is 29.9 Å². The van der Waals surface area contributed by atoms with Gasteiger partial charge in [-0.1, -0.05) is 23.7 Å². The number of rotatable bonds is 7. The van der Waals surface area contributed by atoms with Gasteiger partial charge in [-0.3, -0.25) is 4.79 Å². The van der Waals surface area contributed by atoms with Gasteiger partial charge in [0, 0.05) is 17.6 Å². The molecule has 0 bridgehead atoms. The van der Waals surface area contributed by atoms with Crippen LogP contribution in [0.25, 0.3) is 0 Å². The quantitative estimate of drug-likeness (QED) is 0.833. The van der Waals surface area contributed by atoms with Gasteiger partial charge in [-0.25, -0.2) is 0 Å². The number of hydrogen-bond donors (Lipinski definition) is 1. The highest BCUT2D eigenvalue weighted by Gasteiger charge is 2.32. The molecule has 0 aromatic heterocycles. The standard InChI is InChI=1S/C16H21ClN2O.ClH/c17-14-5-3-13(4-6-14)11-19(15-7-8-15)16(20)10-18-9-12-1-2-12;/h3-6,12,15,18H,1-2,7-11H2;1H. The first kappa shape index (κ1) is 16.6. The van der Waals surface area contributed by atoms with E-state index in [4.69, 9.17) is 11.6 Å². The number of nitrogens with zero attached hydrogens (tertiary/aromatic N) is 1. The first-order valence-corrected chi connectivity index (χ1v) is 7.85. The Labute approximate surface area is 137 Å². The summed E-state index contributed by atoms with van der Waals surface area (Å²) in [7, 11) is 0. The van der Waals surface area contributed by atoms with Crippen LogP contribution in [0, 0.1) is 5.92 Å². The predicted molar refractivity (Wildman–Crippen MR) is 87.9 cm³/mol. The lowest BCUT2D eigenvalue weighted by Crippen LogP contribution is -2.39. The van der Waals surface area contributed by atoms with E-state index in [-0.39, 0.29) is 18.3 Å². The van der Waals surface area contributed by atoms with Crippen molar-refractivity contribution in [2.45, 2.75) is 38.3 Å². The van der Waals surface area contributed by atoms with Crippen molar-refractivity contribution in [2.75, 3.05) is 13.1 Å². The third kappa shape index (κ3) is 5.17. The molecule has 116 valence electrons. The minimum atomic E-state index is 0. The van der Waals surface area contributed by atoms with Gasteiger partial charge in [0.25, 0.3) is 0 Å². The summed E-state index contributed by atoms with van der Waals surface area (Å²) in [5.74, 6) is 1.04. The molecule has 0 saturated heterocycles. The molecule has 1 aromatic rings. The lowest BCUT2D eigenvalue weighted by Gasteiger charge is -2.23. The molecular formula is C16H22Cl2N2O. The van der Waals surface area contributed by atoms with Crippen LogP contribution in [-0.2, 0) is 11.3 Å². The summed E-state index contributed by atoms with van der Waals surface area (Å²) in [4.78, 5) is 14.4. The van der Waals surface area contributed by atoms with Crippen LogP contribution < -0.4 is 5.32 Å². The molecule has 2 aliphatic carbocycles. The van der Waals surface area contributed by atoms with Crippen LogP contribution in [0.5, 0.6) is 0 Å². The molecule has 0 unspecified atom stereocenters. The van der Waals surface area contributed by atoms with Crippen LogP contribution in [0.3, 0.4) is 0 Å². The van der Waals surface area contributed by atoms with Crippen molar-refractivity contribution in [3.63, 3.8) is 0 Å². The molecule has 0 atom stereocenters. The molecule has 21 heavy (non-hydrogen) atoms. The van der Waals surface area contributed by atoms with Crippen LogP contribution in [0.4, 0.5) is 0 Å². The van der Waals surface area contributed by atoms with Crippen molar-refractivity contribution < 1.29 is 4.79 Å². The third-order valence-electron chi connectivity index (χ3n) is 3.98. The number of carbonyl (C=O) groups excluding carboxylic acids is 1. The SMILES string of the molecule is Cl.O=C(CNCC1CC1)N(Cc1ccc(Cl)cc1)C1CC1. The number of carbonyl (C=O) groups is 1. The summed E-state index contributed by atoms with van der Waals surface area (Å²) >= 11 is 5.90. The van der Waals surface area contributed by atoms with Gasteiger partial charge < -0.3 is 10.2 Å². The van der Waals surface area contributed by atoms with Crippen molar-refractivity contribution in [2.24, 2.45) is 5.92 Å². The molecule has 3 nitrogen and oxygen atoms in total. The Morgan fingerprint density at radius 1 is 1.19 bits per heavy atom. The van der Waals surface area contributed by atoms with Gasteiger partial charge >= 0.3 is 0 Å². The Bertz CT molecular complexity index is 470. The molecule has 5 heteroatoms. The molecule has 1 aromatic carbocycles. The lowest BCUT2D eigenvalue weighted by molar-refractivity contribution is -0.131. The van der Waals surface area contributed by atoms with E-state index < -0.39 is 0 Å². The Balaban J connectivity index is 0.00000161. The first-order chi connectivity index (χ1) is 9.72. The number of hydrogen-bond acceptors (Lipinski definition) is 2. The van der Waals surface area contributed by atoms with E-state index in [0.29, 0.717) is 19.1 Å². The zero-order chi connectivity index (χ0) is 13.9. The molecule has 0 spiro atoms. The molecule has 2 aliphatic rings. The Kier molecular flexibility index (Phi) is 5.91. The highest BCUT2D eigenvalue weighted by atomic mass is 35.5. The molecule has 2 saturated carbocycles. The maximum Gasteiger partial charge on any atom is 0.237 e. The van der Waals surface area contributed by atoms with Crippen molar-refractivity contribution >= 4 is 29.9 Å². The van der Waals surface area contributed by atoms with Gasteiger partial charge in [-0.05, 0) is 55.8 Å².